The van der Waals surface area contributed by atoms with Crippen LogP contribution in [0.2, 0.25) is 0 Å². The molecule has 0 aliphatic rings. The fourth-order valence-electron chi connectivity index (χ4n) is 2.30. The minimum absolute atomic E-state index is 1.04. The predicted molar refractivity (Wildman–Crippen MR) is 81.8 cm³/mol. The molecule has 0 N–H and O–H groups in total. The summed E-state index contributed by atoms with van der Waals surface area (Å²) in [4.78, 5) is 1.04. The zero-order valence-corrected chi connectivity index (χ0v) is 12.2. The van der Waals surface area contributed by atoms with Crippen molar-refractivity contribution < 1.29 is 0 Å². The van der Waals surface area contributed by atoms with Gasteiger partial charge in [-0.1, -0.05) is 29.8 Å². The number of benzene rings is 2. The van der Waals surface area contributed by atoms with E-state index in [0.717, 1.165) is 17.7 Å². The van der Waals surface area contributed by atoms with E-state index in [9.17, 15) is 0 Å². The second kappa shape index (κ2) is 5.62. The van der Waals surface area contributed by atoms with Gasteiger partial charge in [0.25, 0.3) is 0 Å². The predicted octanol–water partition coefficient (Wildman–Crippen LogP) is 4.69. The Balaban J connectivity index is 2.13. The molecule has 1 heteroatoms. The smallest absolute Gasteiger partial charge is 0.00428 e. The Bertz CT molecular complexity index is 556. The van der Waals surface area contributed by atoms with Crippen LogP contribution in [-0.4, -0.2) is 0 Å². The molecule has 18 heavy (non-hydrogen) atoms. The highest BCUT2D eigenvalue weighted by Crippen LogP contribution is 2.18. The largest absolute Gasteiger partial charge is 0.143 e. The van der Waals surface area contributed by atoms with Crippen molar-refractivity contribution in [3.8, 4) is 0 Å². The summed E-state index contributed by atoms with van der Waals surface area (Å²) in [5.74, 6) is 0. The van der Waals surface area contributed by atoms with Gasteiger partial charge in [0, 0.05) is 4.90 Å². The first-order valence-corrected chi connectivity index (χ1v) is 6.85. The first-order valence-electron chi connectivity index (χ1n) is 6.41. The van der Waals surface area contributed by atoms with Gasteiger partial charge in [0.15, 0.2) is 0 Å². The lowest BCUT2D eigenvalue weighted by atomic mass is 9.97. The summed E-state index contributed by atoms with van der Waals surface area (Å²) in [6.07, 6.45) is 2.21. The molecule has 0 radical (unpaired) electrons. The van der Waals surface area contributed by atoms with Gasteiger partial charge < -0.3 is 0 Å². The van der Waals surface area contributed by atoms with E-state index < -0.39 is 0 Å². The lowest BCUT2D eigenvalue weighted by Gasteiger charge is -2.09. The van der Waals surface area contributed by atoms with Gasteiger partial charge in [-0.05, 0) is 68.0 Å². The molecular weight excluding hydrogens is 236 g/mol. The molecule has 0 heterocycles. The Hall–Kier alpha value is -1.21. The zero-order valence-electron chi connectivity index (χ0n) is 11.3. The number of hydrogen-bond donors (Lipinski definition) is 1. The summed E-state index contributed by atoms with van der Waals surface area (Å²) in [5, 5.41) is 0. The summed E-state index contributed by atoms with van der Waals surface area (Å²) in [7, 11) is 0. The summed E-state index contributed by atoms with van der Waals surface area (Å²) in [6.45, 7) is 6.51. The van der Waals surface area contributed by atoms with E-state index in [2.05, 4.69) is 69.8 Å². The Kier molecular flexibility index (Phi) is 4.13. The van der Waals surface area contributed by atoms with Crippen molar-refractivity contribution >= 4 is 12.6 Å². The van der Waals surface area contributed by atoms with Crippen molar-refractivity contribution in [2.75, 3.05) is 0 Å². The molecule has 0 nitrogen and oxygen atoms in total. The van der Waals surface area contributed by atoms with E-state index in [-0.39, 0.29) is 0 Å². The normalized spacial score (nSPS) is 10.7. The molecule has 2 rings (SSSR count). The summed E-state index contributed by atoms with van der Waals surface area (Å²) < 4.78 is 0. The van der Waals surface area contributed by atoms with Crippen molar-refractivity contribution in [3.05, 3.63) is 64.2 Å². The van der Waals surface area contributed by atoms with Crippen LogP contribution in [0, 0.1) is 20.8 Å². The molecule has 2 aromatic carbocycles. The molecule has 0 aromatic heterocycles. The maximum absolute atomic E-state index is 4.37. The van der Waals surface area contributed by atoms with E-state index in [0.29, 0.717) is 0 Å². The van der Waals surface area contributed by atoms with E-state index >= 15 is 0 Å². The molecule has 0 atom stereocenters. The lowest BCUT2D eigenvalue weighted by Crippen LogP contribution is -1.97. The molecule has 0 fully saturated rings. The number of thiol groups is 1. The van der Waals surface area contributed by atoms with Gasteiger partial charge in [0.05, 0.1) is 0 Å². The Labute approximate surface area is 115 Å². The lowest BCUT2D eigenvalue weighted by molar-refractivity contribution is 0.934. The van der Waals surface area contributed by atoms with E-state index in [1.54, 1.807) is 0 Å². The van der Waals surface area contributed by atoms with Crippen molar-refractivity contribution in [1.29, 1.82) is 0 Å². The van der Waals surface area contributed by atoms with Crippen LogP contribution < -0.4 is 0 Å². The van der Waals surface area contributed by atoms with Crippen LogP contribution in [-0.2, 0) is 12.8 Å². The topological polar surface area (TPSA) is 0 Å². The van der Waals surface area contributed by atoms with Gasteiger partial charge in [-0.3, -0.25) is 0 Å². The fraction of sp³-hybridized carbons (Fsp3) is 0.294. The first kappa shape index (κ1) is 13.2. The summed E-state index contributed by atoms with van der Waals surface area (Å²) >= 11 is 4.37. The average Bonchev–Trinajstić information content (AvgIpc) is 2.32. The van der Waals surface area contributed by atoms with Crippen LogP contribution in [0.1, 0.15) is 27.8 Å². The number of aryl methyl sites for hydroxylation is 5. The quantitative estimate of drug-likeness (QED) is 0.757. The minimum Gasteiger partial charge on any atom is -0.143 e. The Morgan fingerprint density at radius 1 is 0.778 bits per heavy atom. The van der Waals surface area contributed by atoms with Gasteiger partial charge in [-0.25, -0.2) is 0 Å². The van der Waals surface area contributed by atoms with Crippen LogP contribution in [0.15, 0.2) is 41.3 Å². The minimum atomic E-state index is 1.04. The van der Waals surface area contributed by atoms with Crippen LogP contribution >= 0.6 is 12.6 Å². The van der Waals surface area contributed by atoms with Crippen LogP contribution in [0.25, 0.3) is 0 Å². The fourth-order valence-corrected chi connectivity index (χ4v) is 2.57. The SMILES string of the molecule is Cc1ccc(C)c(CCc2ccc(S)cc2C)c1. The third kappa shape index (κ3) is 3.17. The van der Waals surface area contributed by atoms with Gasteiger partial charge >= 0.3 is 0 Å². The third-order valence-corrected chi connectivity index (χ3v) is 3.77. The molecule has 0 aliphatic carbocycles. The van der Waals surface area contributed by atoms with Crippen molar-refractivity contribution in [2.45, 2.75) is 38.5 Å². The van der Waals surface area contributed by atoms with E-state index in [1.807, 2.05) is 0 Å². The zero-order chi connectivity index (χ0) is 13.1. The molecular formula is C17H20S. The second-order valence-corrected chi connectivity index (χ2v) is 5.56. The van der Waals surface area contributed by atoms with Gasteiger partial charge in [-0.15, -0.1) is 12.6 Å². The van der Waals surface area contributed by atoms with Crippen molar-refractivity contribution in [3.63, 3.8) is 0 Å². The van der Waals surface area contributed by atoms with Crippen LogP contribution in [0.3, 0.4) is 0 Å². The standard InChI is InChI=1S/C17H20S/c1-12-4-5-13(2)16(10-12)7-6-15-8-9-17(18)11-14(15)3/h4-5,8-11,18H,6-7H2,1-3H3. The van der Waals surface area contributed by atoms with Crippen LogP contribution in [0.4, 0.5) is 0 Å². The highest BCUT2D eigenvalue weighted by atomic mass is 32.1. The molecule has 2 aromatic rings. The van der Waals surface area contributed by atoms with E-state index in [4.69, 9.17) is 0 Å². The van der Waals surface area contributed by atoms with Crippen molar-refractivity contribution in [2.24, 2.45) is 0 Å². The van der Waals surface area contributed by atoms with Crippen LogP contribution in [0.5, 0.6) is 0 Å². The Morgan fingerprint density at radius 2 is 1.50 bits per heavy atom. The molecule has 0 spiro atoms. The van der Waals surface area contributed by atoms with Crippen molar-refractivity contribution in [1.82, 2.24) is 0 Å². The highest BCUT2D eigenvalue weighted by Gasteiger charge is 2.02. The molecule has 0 saturated heterocycles. The molecule has 94 valence electrons. The highest BCUT2D eigenvalue weighted by molar-refractivity contribution is 7.80. The second-order valence-electron chi connectivity index (χ2n) is 5.04. The van der Waals surface area contributed by atoms with E-state index in [1.165, 1.54) is 27.8 Å². The first-order chi connectivity index (χ1) is 8.56. The summed E-state index contributed by atoms with van der Waals surface area (Å²) in [6, 6.07) is 13.1. The average molecular weight is 256 g/mol. The molecule has 0 bridgehead atoms. The maximum Gasteiger partial charge on any atom is 0.00428 e. The van der Waals surface area contributed by atoms with Gasteiger partial charge in [0.2, 0.25) is 0 Å². The number of rotatable bonds is 3. The number of hydrogen-bond acceptors (Lipinski definition) is 1. The Morgan fingerprint density at radius 3 is 2.22 bits per heavy atom. The third-order valence-electron chi connectivity index (χ3n) is 3.49. The molecule has 0 amide bonds. The maximum atomic E-state index is 4.37. The molecule has 0 aliphatic heterocycles. The molecule has 0 saturated carbocycles. The monoisotopic (exact) mass is 256 g/mol. The van der Waals surface area contributed by atoms with Gasteiger partial charge in [-0.2, -0.15) is 0 Å². The van der Waals surface area contributed by atoms with Gasteiger partial charge in [0.1, 0.15) is 0 Å². The molecule has 0 unspecified atom stereocenters. The summed E-state index contributed by atoms with van der Waals surface area (Å²) in [5.41, 5.74) is 6.97.